The smallest absolute Gasteiger partial charge is 0.119 e. The van der Waals surface area contributed by atoms with Crippen LogP contribution in [-0.4, -0.2) is 6.61 Å². The first-order chi connectivity index (χ1) is 9.20. The Morgan fingerprint density at radius 1 is 1.05 bits per heavy atom. The van der Waals surface area contributed by atoms with Crippen LogP contribution in [0.5, 0.6) is 5.75 Å². The molecule has 2 aromatic rings. The number of aryl methyl sites for hydroxylation is 1. The van der Waals surface area contributed by atoms with E-state index in [0.717, 1.165) is 12.2 Å². The molecule has 19 heavy (non-hydrogen) atoms. The molecule has 0 amide bonds. The van der Waals surface area contributed by atoms with Crippen LogP contribution in [0.4, 0.5) is 0 Å². The van der Waals surface area contributed by atoms with Crippen molar-refractivity contribution in [1.82, 2.24) is 0 Å². The Morgan fingerprint density at radius 3 is 2.37 bits per heavy atom. The lowest BCUT2D eigenvalue weighted by Crippen LogP contribution is -1.98. The lowest BCUT2D eigenvalue weighted by Gasteiger charge is -2.13. The summed E-state index contributed by atoms with van der Waals surface area (Å²) in [7, 11) is 0. The van der Waals surface area contributed by atoms with E-state index in [9.17, 15) is 0 Å². The Bertz CT molecular complexity index is 519. The minimum atomic E-state index is 0.337. The molecular weight excluding hydrogens is 300 g/mol. The van der Waals surface area contributed by atoms with Gasteiger partial charge in [-0.3, -0.25) is 0 Å². The molecule has 0 saturated carbocycles. The first-order valence-electron chi connectivity index (χ1n) is 6.62. The Balaban J connectivity index is 2.07. The molecule has 0 fully saturated rings. The van der Waals surface area contributed by atoms with Crippen LogP contribution in [0.2, 0.25) is 0 Å². The number of hydrogen-bond acceptors (Lipinski definition) is 1. The van der Waals surface area contributed by atoms with E-state index in [1.54, 1.807) is 0 Å². The summed E-state index contributed by atoms with van der Waals surface area (Å²) in [6.45, 7) is 4.87. The van der Waals surface area contributed by atoms with E-state index in [0.29, 0.717) is 11.4 Å². The first-order valence-corrected chi connectivity index (χ1v) is 7.53. The Labute approximate surface area is 123 Å². The number of rotatable bonds is 5. The number of halogens is 1. The van der Waals surface area contributed by atoms with Crippen molar-refractivity contribution in [2.24, 2.45) is 0 Å². The molecule has 0 aromatic heterocycles. The molecule has 1 unspecified atom stereocenters. The Hall–Kier alpha value is -1.28. The van der Waals surface area contributed by atoms with Gasteiger partial charge in [-0.05, 0) is 49.1 Å². The molecule has 0 spiro atoms. The van der Waals surface area contributed by atoms with Gasteiger partial charge in [-0.25, -0.2) is 0 Å². The van der Waals surface area contributed by atoms with Crippen LogP contribution in [0.3, 0.4) is 0 Å². The quantitative estimate of drug-likeness (QED) is 0.699. The first kappa shape index (κ1) is 14.1. The van der Waals surface area contributed by atoms with Gasteiger partial charge in [0, 0.05) is 4.83 Å². The van der Waals surface area contributed by atoms with Gasteiger partial charge < -0.3 is 4.74 Å². The molecular formula is C17H19BrO. The maximum atomic E-state index is 5.46. The van der Waals surface area contributed by atoms with Crippen LogP contribution >= 0.6 is 15.9 Å². The molecule has 2 aromatic carbocycles. The van der Waals surface area contributed by atoms with E-state index in [1.807, 2.05) is 19.1 Å². The van der Waals surface area contributed by atoms with Crippen molar-refractivity contribution in [3.8, 4) is 5.75 Å². The molecule has 2 heteroatoms. The molecule has 0 heterocycles. The van der Waals surface area contributed by atoms with Crippen LogP contribution < -0.4 is 4.74 Å². The summed E-state index contributed by atoms with van der Waals surface area (Å²) < 4.78 is 5.46. The molecule has 1 nitrogen and oxygen atoms in total. The van der Waals surface area contributed by atoms with Crippen molar-refractivity contribution in [1.29, 1.82) is 0 Å². The van der Waals surface area contributed by atoms with E-state index in [4.69, 9.17) is 4.74 Å². The Kier molecular flexibility index (Phi) is 5.03. The van der Waals surface area contributed by atoms with Crippen molar-refractivity contribution < 1.29 is 4.74 Å². The molecule has 0 bridgehead atoms. The lowest BCUT2D eigenvalue weighted by atomic mass is 10.0. The average molecular weight is 319 g/mol. The maximum absolute atomic E-state index is 5.46. The second kappa shape index (κ2) is 6.76. The predicted octanol–water partition coefficient (Wildman–Crippen LogP) is 5.07. The van der Waals surface area contributed by atoms with Crippen molar-refractivity contribution in [2.45, 2.75) is 25.1 Å². The summed E-state index contributed by atoms with van der Waals surface area (Å²) in [5, 5.41) is 0. The third-order valence-corrected chi connectivity index (χ3v) is 4.07. The average Bonchev–Trinajstić information content (AvgIpc) is 2.42. The van der Waals surface area contributed by atoms with E-state index >= 15 is 0 Å². The lowest BCUT2D eigenvalue weighted by molar-refractivity contribution is 0.340. The van der Waals surface area contributed by atoms with E-state index in [2.05, 4.69) is 59.3 Å². The summed E-state index contributed by atoms with van der Waals surface area (Å²) in [4.78, 5) is 0.337. The summed E-state index contributed by atoms with van der Waals surface area (Å²) in [6.07, 6.45) is 1.00. The zero-order valence-corrected chi connectivity index (χ0v) is 13.0. The molecule has 100 valence electrons. The molecule has 0 saturated heterocycles. The van der Waals surface area contributed by atoms with Crippen molar-refractivity contribution in [2.75, 3.05) is 6.61 Å². The van der Waals surface area contributed by atoms with Crippen LogP contribution in [-0.2, 0) is 6.42 Å². The normalized spacial score (nSPS) is 12.2. The summed E-state index contributed by atoms with van der Waals surface area (Å²) >= 11 is 3.78. The fraction of sp³-hybridized carbons (Fsp3) is 0.294. The van der Waals surface area contributed by atoms with Crippen LogP contribution in [0.1, 0.15) is 28.4 Å². The highest BCUT2D eigenvalue weighted by molar-refractivity contribution is 9.09. The van der Waals surface area contributed by atoms with E-state index in [1.165, 1.54) is 16.7 Å². The highest BCUT2D eigenvalue weighted by Gasteiger charge is 2.09. The largest absolute Gasteiger partial charge is 0.494 e. The second-order valence-corrected chi connectivity index (χ2v) is 5.71. The van der Waals surface area contributed by atoms with Crippen molar-refractivity contribution >= 4 is 15.9 Å². The molecule has 0 aliphatic heterocycles. The third-order valence-electron chi connectivity index (χ3n) is 3.21. The maximum Gasteiger partial charge on any atom is 0.119 e. The monoisotopic (exact) mass is 318 g/mol. The standard InChI is InChI=1S/C17H19BrO/c1-3-19-16-10-8-14(9-11-16)17(18)12-15-7-5-4-6-13(15)2/h4-11,17H,3,12H2,1-2H3. The minimum absolute atomic E-state index is 0.337. The summed E-state index contributed by atoms with van der Waals surface area (Å²) in [6, 6.07) is 16.9. The molecule has 0 aliphatic carbocycles. The Morgan fingerprint density at radius 2 is 1.74 bits per heavy atom. The highest BCUT2D eigenvalue weighted by atomic mass is 79.9. The van der Waals surface area contributed by atoms with Gasteiger partial charge in [0.1, 0.15) is 5.75 Å². The minimum Gasteiger partial charge on any atom is -0.494 e. The summed E-state index contributed by atoms with van der Waals surface area (Å²) in [5.41, 5.74) is 4.02. The van der Waals surface area contributed by atoms with Gasteiger partial charge in [-0.15, -0.1) is 0 Å². The summed E-state index contributed by atoms with van der Waals surface area (Å²) in [5.74, 6) is 0.932. The number of benzene rings is 2. The molecule has 0 radical (unpaired) electrons. The van der Waals surface area contributed by atoms with Gasteiger partial charge in [0.25, 0.3) is 0 Å². The number of hydrogen-bond donors (Lipinski definition) is 0. The van der Waals surface area contributed by atoms with Crippen molar-refractivity contribution in [3.05, 3.63) is 65.2 Å². The van der Waals surface area contributed by atoms with Crippen LogP contribution in [0.15, 0.2) is 48.5 Å². The number of alkyl halides is 1. The SMILES string of the molecule is CCOc1ccc(C(Br)Cc2ccccc2C)cc1. The molecule has 2 rings (SSSR count). The van der Waals surface area contributed by atoms with Gasteiger partial charge in [0.15, 0.2) is 0 Å². The predicted molar refractivity (Wildman–Crippen MR) is 84.2 cm³/mol. The fourth-order valence-electron chi connectivity index (χ4n) is 2.09. The van der Waals surface area contributed by atoms with Gasteiger partial charge in [-0.1, -0.05) is 52.3 Å². The van der Waals surface area contributed by atoms with E-state index in [-0.39, 0.29) is 0 Å². The van der Waals surface area contributed by atoms with Crippen LogP contribution in [0.25, 0.3) is 0 Å². The van der Waals surface area contributed by atoms with Gasteiger partial charge in [0.2, 0.25) is 0 Å². The second-order valence-electron chi connectivity index (χ2n) is 4.60. The zero-order chi connectivity index (χ0) is 13.7. The molecule has 1 atom stereocenters. The third kappa shape index (κ3) is 3.84. The topological polar surface area (TPSA) is 9.23 Å². The highest BCUT2D eigenvalue weighted by Crippen LogP contribution is 2.29. The van der Waals surface area contributed by atoms with Crippen LogP contribution in [0, 0.1) is 6.92 Å². The fourth-order valence-corrected chi connectivity index (χ4v) is 2.74. The molecule has 0 N–H and O–H groups in total. The van der Waals surface area contributed by atoms with Gasteiger partial charge in [-0.2, -0.15) is 0 Å². The number of ether oxygens (including phenoxy) is 1. The molecule has 0 aliphatic rings. The van der Waals surface area contributed by atoms with E-state index < -0.39 is 0 Å². The zero-order valence-electron chi connectivity index (χ0n) is 11.4. The van der Waals surface area contributed by atoms with Gasteiger partial charge >= 0.3 is 0 Å². The van der Waals surface area contributed by atoms with Gasteiger partial charge in [0.05, 0.1) is 6.61 Å². The van der Waals surface area contributed by atoms with Crippen molar-refractivity contribution in [3.63, 3.8) is 0 Å².